The minimum absolute atomic E-state index is 0.0622. The fraction of sp³-hybridized carbons (Fsp3) is 0.276. The van der Waals surface area contributed by atoms with Crippen LogP contribution in [0.15, 0.2) is 72.4 Å². The maximum atomic E-state index is 13.3. The van der Waals surface area contributed by atoms with Crippen LogP contribution in [0.4, 0.5) is 0 Å². The van der Waals surface area contributed by atoms with Crippen LogP contribution in [0.2, 0.25) is 0 Å². The van der Waals surface area contributed by atoms with E-state index in [0.717, 1.165) is 33.6 Å². The summed E-state index contributed by atoms with van der Waals surface area (Å²) in [6.45, 7) is 6.37. The molecule has 0 atom stereocenters. The number of pyridine rings is 1. The molecule has 0 unspecified atom stereocenters. The third-order valence-electron chi connectivity index (χ3n) is 5.95. The minimum atomic E-state index is -0.267. The van der Waals surface area contributed by atoms with Gasteiger partial charge >= 0.3 is 0 Å². The van der Waals surface area contributed by atoms with Crippen LogP contribution in [0.1, 0.15) is 48.7 Å². The molecule has 0 saturated heterocycles. The molecule has 0 spiro atoms. The van der Waals surface area contributed by atoms with E-state index in [-0.39, 0.29) is 11.9 Å². The highest BCUT2D eigenvalue weighted by Crippen LogP contribution is 2.39. The van der Waals surface area contributed by atoms with Crippen LogP contribution < -0.4 is 10.1 Å². The van der Waals surface area contributed by atoms with E-state index in [0.29, 0.717) is 35.6 Å². The van der Waals surface area contributed by atoms with Crippen LogP contribution in [0.25, 0.3) is 5.57 Å². The van der Waals surface area contributed by atoms with Crippen molar-refractivity contribution in [3.63, 3.8) is 0 Å². The molecule has 1 amide bonds. The lowest BCUT2D eigenvalue weighted by molar-refractivity contribution is -0.421. The molecule has 0 saturated carbocycles. The molecule has 0 radical (unpaired) electrons. The third-order valence-corrected chi connectivity index (χ3v) is 5.95. The van der Waals surface area contributed by atoms with Crippen LogP contribution in [0.3, 0.4) is 0 Å². The van der Waals surface area contributed by atoms with Gasteiger partial charge in [0.15, 0.2) is 0 Å². The predicted octanol–water partition coefficient (Wildman–Crippen LogP) is 4.53. The maximum Gasteiger partial charge on any atom is 0.258 e. The van der Waals surface area contributed by atoms with Gasteiger partial charge in [-0.2, -0.15) is 0 Å². The van der Waals surface area contributed by atoms with Crippen molar-refractivity contribution in [2.45, 2.75) is 39.7 Å². The number of rotatable bonds is 8. The second-order valence-corrected chi connectivity index (χ2v) is 8.91. The lowest BCUT2D eigenvalue weighted by atomic mass is 9.97. The number of benzene rings is 2. The average Bonchev–Trinajstić information content (AvgIpc) is 3.19. The van der Waals surface area contributed by atoms with Crippen molar-refractivity contribution in [1.29, 1.82) is 0 Å². The first-order chi connectivity index (χ1) is 16.9. The number of hydrogen-bond acceptors (Lipinski definition) is 4. The van der Waals surface area contributed by atoms with E-state index < -0.39 is 0 Å². The molecule has 6 nitrogen and oxygen atoms in total. The largest absolute Gasteiger partial charge is 0.624 e. The van der Waals surface area contributed by atoms with E-state index in [2.05, 4.69) is 23.3 Å². The molecule has 0 bridgehead atoms. The summed E-state index contributed by atoms with van der Waals surface area (Å²) in [4.78, 5) is 17.8. The molecular weight excluding hydrogens is 438 g/mol. The number of aromatic nitrogens is 1. The number of nitrogens with one attached hydrogen (secondary N) is 1. The Bertz CT molecular complexity index is 1270. The second-order valence-electron chi connectivity index (χ2n) is 8.91. The van der Waals surface area contributed by atoms with Crippen molar-refractivity contribution in [1.82, 2.24) is 10.3 Å². The highest BCUT2D eigenvalue weighted by Gasteiger charge is 2.38. The van der Waals surface area contributed by atoms with E-state index in [4.69, 9.17) is 4.74 Å². The number of aryl methyl sites for hydroxylation is 1. The Morgan fingerprint density at radius 3 is 2.49 bits per heavy atom. The lowest BCUT2D eigenvalue weighted by Gasteiger charge is -2.12. The monoisotopic (exact) mass is 469 g/mol. The molecule has 6 heteroatoms. The fourth-order valence-electron chi connectivity index (χ4n) is 4.29. The van der Waals surface area contributed by atoms with Gasteiger partial charge in [0.25, 0.3) is 5.91 Å². The van der Waals surface area contributed by atoms with Crippen LogP contribution in [0.5, 0.6) is 5.75 Å². The summed E-state index contributed by atoms with van der Waals surface area (Å²) in [5.41, 5.74) is 6.07. The molecule has 1 aromatic heterocycles. The third kappa shape index (κ3) is 5.27. The molecule has 1 aliphatic carbocycles. The molecule has 35 heavy (non-hydrogen) atoms. The van der Waals surface area contributed by atoms with Gasteiger partial charge in [0.05, 0.1) is 12.2 Å². The van der Waals surface area contributed by atoms with Crippen molar-refractivity contribution in [3.05, 3.63) is 106 Å². The Hall–Kier alpha value is -3.93. The van der Waals surface area contributed by atoms with E-state index in [9.17, 15) is 10.0 Å². The van der Waals surface area contributed by atoms with Gasteiger partial charge in [0.2, 0.25) is 5.71 Å². The highest BCUT2D eigenvalue weighted by atomic mass is 16.5. The van der Waals surface area contributed by atoms with Gasteiger partial charge in [-0.1, -0.05) is 43.3 Å². The Morgan fingerprint density at radius 2 is 1.86 bits per heavy atom. The number of hydrogen-bond donors (Lipinski definition) is 1. The van der Waals surface area contributed by atoms with E-state index in [1.165, 1.54) is 12.6 Å². The molecule has 4 rings (SSSR count). The summed E-state index contributed by atoms with van der Waals surface area (Å²) in [7, 11) is 1.43. The van der Waals surface area contributed by atoms with Crippen LogP contribution in [-0.4, -0.2) is 41.0 Å². The van der Waals surface area contributed by atoms with Crippen molar-refractivity contribution < 1.29 is 14.3 Å². The summed E-state index contributed by atoms with van der Waals surface area (Å²) in [5, 5.41) is 15.7. The van der Waals surface area contributed by atoms with Gasteiger partial charge in [0.1, 0.15) is 18.4 Å². The SMILES string of the molecule is CCc1ccc(CCOc2ccc3c(c2)/C(=[N+](/C)[O-])C(C(=O)NC(C)C)=C3c2ccccc2)nc1. The number of hydroxylamine groups is 1. The van der Waals surface area contributed by atoms with Crippen LogP contribution in [-0.2, 0) is 17.6 Å². The molecular formula is C29H31N3O3. The normalized spacial score (nSPS) is 14.2. The topological polar surface area (TPSA) is 77.3 Å². The molecule has 1 heterocycles. The fourth-order valence-corrected chi connectivity index (χ4v) is 4.29. The summed E-state index contributed by atoms with van der Waals surface area (Å²) in [5.74, 6) is 0.378. The first-order valence-corrected chi connectivity index (χ1v) is 12.0. The summed E-state index contributed by atoms with van der Waals surface area (Å²) in [6, 6.07) is 19.4. The minimum Gasteiger partial charge on any atom is -0.624 e. The van der Waals surface area contributed by atoms with Gasteiger partial charge in [-0.3, -0.25) is 9.78 Å². The molecule has 1 N–H and O–H groups in total. The van der Waals surface area contributed by atoms with Gasteiger partial charge in [-0.05, 0) is 61.2 Å². The first kappa shape index (κ1) is 24.2. The molecule has 0 fully saturated rings. The molecule has 2 aromatic carbocycles. The zero-order valence-corrected chi connectivity index (χ0v) is 20.7. The zero-order chi connectivity index (χ0) is 24.9. The highest BCUT2D eigenvalue weighted by molar-refractivity contribution is 6.36. The van der Waals surface area contributed by atoms with Crippen LogP contribution in [0, 0.1) is 5.21 Å². The van der Waals surface area contributed by atoms with Crippen molar-refractivity contribution >= 4 is 17.2 Å². The Kier molecular flexibility index (Phi) is 7.30. The van der Waals surface area contributed by atoms with Crippen LogP contribution >= 0.6 is 0 Å². The number of carbonyl (C=O) groups excluding carboxylic acids is 1. The molecule has 180 valence electrons. The number of nitrogens with zero attached hydrogens (tertiary/aromatic N) is 2. The average molecular weight is 470 g/mol. The van der Waals surface area contributed by atoms with E-state index in [1.54, 1.807) is 0 Å². The number of amides is 1. The standard InChI is InChI=1S/C29H31N3O3/c1-5-20-11-12-22(30-18-20)15-16-35-23-13-14-24-25(17-23)28(32(4)34)27(29(33)31-19(2)3)26(24)21-9-7-6-8-10-21/h6-14,17-19H,5,15-16H2,1-4H3,(H,31,33)/b32-28+. The van der Waals surface area contributed by atoms with Gasteiger partial charge in [0, 0.05) is 29.9 Å². The quantitative estimate of drug-likeness (QED) is 0.299. The summed E-state index contributed by atoms with van der Waals surface area (Å²) >= 11 is 0. The first-order valence-electron chi connectivity index (χ1n) is 12.0. The van der Waals surface area contributed by atoms with E-state index >= 15 is 0 Å². The maximum absolute atomic E-state index is 13.3. The van der Waals surface area contributed by atoms with Crippen molar-refractivity contribution in [2.75, 3.05) is 13.7 Å². The second kappa shape index (κ2) is 10.6. The number of ether oxygens (including phenoxy) is 1. The van der Waals surface area contributed by atoms with Crippen molar-refractivity contribution in [3.8, 4) is 5.75 Å². The van der Waals surface area contributed by atoms with Gasteiger partial charge in [-0.15, -0.1) is 0 Å². The Morgan fingerprint density at radius 1 is 1.09 bits per heavy atom. The van der Waals surface area contributed by atoms with Gasteiger partial charge < -0.3 is 15.3 Å². The number of carbonyl (C=O) groups is 1. The molecule has 1 aliphatic rings. The molecule has 0 aliphatic heterocycles. The number of fused-ring (bicyclic) bond motifs is 1. The predicted molar refractivity (Wildman–Crippen MR) is 139 cm³/mol. The Balaban J connectivity index is 1.66. The summed E-state index contributed by atoms with van der Waals surface area (Å²) < 4.78 is 6.80. The lowest BCUT2D eigenvalue weighted by Crippen LogP contribution is -2.34. The summed E-state index contributed by atoms with van der Waals surface area (Å²) in [6.07, 6.45) is 3.54. The zero-order valence-electron chi connectivity index (χ0n) is 20.7. The van der Waals surface area contributed by atoms with Gasteiger partial charge in [-0.25, -0.2) is 4.74 Å². The van der Waals surface area contributed by atoms with Crippen molar-refractivity contribution in [2.24, 2.45) is 0 Å². The van der Waals surface area contributed by atoms with E-state index in [1.807, 2.05) is 74.6 Å². The smallest absolute Gasteiger partial charge is 0.258 e. The molecule has 3 aromatic rings. The Labute approximate surface area is 206 Å².